The summed E-state index contributed by atoms with van der Waals surface area (Å²) in [6.07, 6.45) is 2.66. The second kappa shape index (κ2) is 4.79. The molecule has 1 fully saturated rings. The summed E-state index contributed by atoms with van der Waals surface area (Å²) in [5.41, 5.74) is 1.28. The number of ether oxygens (including phenoxy) is 1. The van der Waals surface area contributed by atoms with Crippen LogP contribution < -0.4 is 0 Å². The minimum Gasteiger partial charge on any atom is -0.478 e. The van der Waals surface area contributed by atoms with Gasteiger partial charge in [0.05, 0.1) is 35.4 Å². The van der Waals surface area contributed by atoms with E-state index in [-0.39, 0.29) is 10.6 Å². The van der Waals surface area contributed by atoms with Gasteiger partial charge in [-0.3, -0.25) is 0 Å². The number of halogens is 1. The van der Waals surface area contributed by atoms with Gasteiger partial charge in [0.15, 0.2) is 0 Å². The normalized spacial score (nSPS) is 15.0. The van der Waals surface area contributed by atoms with E-state index in [1.807, 2.05) is 0 Å². The minimum atomic E-state index is -1.07. The zero-order valence-corrected chi connectivity index (χ0v) is 10.8. The summed E-state index contributed by atoms with van der Waals surface area (Å²) in [7, 11) is 0. The molecule has 19 heavy (non-hydrogen) atoms. The highest BCUT2D eigenvalue weighted by molar-refractivity contribution is 6.34. The number of aromatic carboxylic acids is 1. The molecular weight excluding hydrogens is 270 g/mol. The SMILES string of the molecule is O=C(O)c1cc2nnn(CCOC3CC3)c2cc1Cl. The first-order chi connectivity index (χ1) is 9.15. The highest BCUT2D eigenvalue weighted by Crippen LogP contribution is 2.24. The Hall–Kier alpha value is -1.66. The smallest absolute Gasteiger partial charge is 0.337 e. The molecule has 1 aliphatic carbocycles. The monoisotopic (exact) mass is 281 g/mol. The number of carbonyl (C=O) groups is 1. The van der Waals surface area contributed by atoms with Crippen LogP contribution in [0.15, 0.2) is 12.1 Å². The number of hydrogen-bond acceptors (Lipinski definition) is 4. The summed E-state index contributed by atoms with van der Waals surface area (Å²) in [6.45, 7) is 1.15. The van der Waals surface area contributed by atoms with Crippen LogP contribution in [0, 0.1) is 0 Å². The van der Waals surface area contributed by atoms with Crippen molar-refractivity contribution in [3.8, 4) is 0 Å². The molecule has 0 unspecified atom stereocenters. The number of rotatable bonds is 5. The summed E-state index contributed by atoms with van der Waals surface area (Å²) in [5, 5.41) is 17.1. The van der Waals surface area contributed by atoms with Crippen molar-refractivity contribution in [1.82, 2.24) is 15.0 Å². The Labute approximate surface area is 113 Å². The van der Waals surface area contributed by atoms with Crippen molar-refractivity contribution in [2.45, 2.75) is 25.5 Å². The number of benzene rings is 1. The molecule has 0 aliphatic heterocycles. The number of carboxylic acid groups (broad SMARTS) is 1. The Morgan fingerprint density at radius 3 is 3.00 bits per heavy atom. The molecule has 0 spiro atoms. The fraction of sp³-hybridized carbons (Fsp3) is 0.417. The molecule has 0 amide bonds. The van der Waals surface area contributed by atoms with E-state index in [0.717, 1.165) is 18.4 Å². The lowest BCUT2D eigenvalue weighted by atomic mass is 10.2. The first-order valence-corrected chi connectivity index (χ1v) is 6.40. The average Bonchev–Trinajstić information content (AvgIpc) is 3.11. The molecule has 0 radical (unpaired) electrons. The third kappa shape index (κ3) is 2.54. The molecule has 1 saturated carbocycles. The van der Waals surface area contributed by atoms with Crippen molar-refractivity contribution >= 4 is 28.6 Å². The topological polar surface area (TPSA) is 77.2 Å². The van der Waals surface area contributed by atoms with E-state index >= 15 is 0 Å². The molecule has 0 bridgehead atoms. The van der Waals surface area contributed by atoms with E-state index in [4.69, 9.17) is 21.4 Å². The Bertz CT molecular complexity index is 636. The van der Waals surface area contributed by atoms with Crippen LogP contribution in [0.25, 0.3) is 11.0 Å². The molecule has 0 atom stereocenters. The van der Waals surface area contributed by atoms with Gasteiger partial charge in [-0.25, -0.2) is 9.48 Å². The fourth-order valence-electron chi connectivity index (χ4n) is 1.86. The predicted molar refractivity (Wildman–Crippen MR) is 68.5 cm³/mol. The van der Waals surface area contributed by atoms with Gasteiger partial charge in [-0.15, -0.1) is 5.10 Å². The van der Waals surface area contributed by atoms with Gasteiger partial charge in [0.25, 0.3) is 0 Å². The van der Waals surface area contributed by atoms with Gasteiger partial charge in [-0.2, -0.15) is 0 Å². The molecule has 1 aromatic heterocycles. The molecule has 7 heteroatoms. The van der Waals surface area contributed by atoms with E-state index in [0.29, 0.717) is 24.8 Å². The van der Waals surface area contributed by atoms with E-state index < -0.39 is 5.97 Å². The van der Waals surface area contributed by atoms with Gasteiger partial charge in [0, 0.05) is 0 Å². The van der Waals surface area contributed by atoms with Gasteiger partial charge < -0.3 is 9.84 Å². The molecule has 100 valence electrons. The molecule has 3 rings (SSSR count). The van der Waals surface area contributed by atoms with Crippen LogP contribution in [0.5, 0.6) is 0 Å². The largest absolute Gasteiger partial charge is 0.478 e. The van der Waals surface area contributed by atoms with Crippen LogP contribution in [-0.4, -0.2) is 38.8 Å². The Kier molecular flexibility index (Phi) is 3.12. The van der Waals surface area contributed by atoms with Crippen LogP contribution >= 0.6 is 11.6 Å². The molecule has 1 aliphatic rings. The molecular formula is C12H12ClN3O3. The van der Waals surface area contributed by atoms with Crippen LogP contribution in [0.4, 0.5) is 0 Å². The number of carboxylic acids is 1. The van der Waals surface area contributed by atoms with Crippen LogP contribution in [0.2, 0.25) is 5.02 Å². The third-order valence-corrected chi connectivity index (χ3v) is 3.33. The lowest BCUT2D eigenvalue weighted by Crippen LogP contribution is -2.08. The van der Waals surface area contributed by atoms with Gasteiger partial charge in [-0.05, 0) is 25.0 Å². The standard InChI is InChI=1S/C12H12ClN3O3/c13-9-6-11-10(5-8(9)12(17)18)14-15-16(11)3-4-19-7-1-2-7/h5-7H,1-4H2,(H,17,18). The summed E-state index contributed by atoms with van der Waals surface area (Å²) in [6, 6.07) is 3.02. The van der Waals surface area contributed by atoms with Gasteiger partial charge >= 0.3 is 5.97 Å². The van der Waals surface area contributed by atoms with E-state index in [1.54, 1.807) is 10.7 Å². The Balaban J connectivity index is 1.84. The maximum Gasteiger partial charge on any atom is 0.337 e. The van der Waals surface area contributed by atoms with Crippen molar-refractivity contribution in [2.24, 2.45) is 0 Å². The summed E-state index contributed by atoms with van der Waals surface area (Å²) >= 11 is 5.94. The van der Waals surface area contributed by atoms with Crippen molar-refractivity contribution in [3.63, 3.8) is 0 Å². The molecule has 2 aromatic rings. The quantitative estimate of drug-likeness (QED) is 0.906. The lowest BCUT2D eigenvalue weighted by molar-refractivity contribution is 0.0697. The van der Waals surface area contributed by atoms with Crippen LogP contribution in [0.3, 0.4) is 0 Å². The van der Waals surface area contributed by atoms with Gasteiger partial charge in [0.1, 0.15) is 5.52 Å². The predicted octanol–water partition coefficient (Wildman–Crippen LogP) is 1.96. The number of aromatic nitrogens is 3. The second-order valence-electron chi connectivity index (χ2n) is 4.51. The number of hydrogen-bond donors (Lipinski definition) is 1. The number of fused-ring (bicyclic) bond motifs is 1. The maximum atomic E-state index is 11.0. The first kappa shape index (κ1) is 12.4. The summed E-state index contributed by atoms with van der Waals surface area (Å²) in [4.78, 5) is 11.0. The second-order valence-corrected chi connectivity index (χ2v) is 4.92. The zero-order valence-electron chi connectivity index (χ0n) is 10.0. The molecule has 6 nitrogen and oxygen atoms in total. The zero-order chi connectivity index (χ0) is 13.4. The highest BCUT2D eigenvalue weighted by Gasteiger charge is 2.22. The Morgan fingerprint density at radius 2 is 2.32 bits per heavy atom. The Morgan fingerprint density at radius 1 is 1.53 bits per heavy atom. The summed E-state index contributed by atoms with van der Waals surface area (Å²) < 4.78 is 7.23. The van der Waals surface area contributed by atoms with E-state index in [9.17, 15) is 4.79 Å². The van der Waals surface area contributed by atoms with Crippen molar-refractivity contribution in [3.05, 3.63) is 22.7 Å². The summed E-state index contributed by atoms with van der Waals surface area (Å²) in [5.74, 6) is -1.07. The van der Waals surface area contributed by atoms with E-state index in [1.165, 1.54) is 6.07 Å². The first-order valence-electron chi connectivity index (χ1n) is 6.03. The number of nitrogens with zero attached hydrogens (tertiary/aromatic N) is 3. The molecule has 1 N–H and O–H groups in total. The van der Waals surface area contributed by atoms with Crippen molar-refractivity contribution in [1.29, 1.82) is 0 Å². The lowest BCUT2D eigenvalue weighted by Gasteiger charge is -2.04. The molecule has 1 aromatic carbocycles. The highest BCUT2D eigenvalue weighted by atomic mass is 35.5. The van der Waals surface area contributed by atoms with E-state index in [2.05, 4.69) is 10.3 Å². The fourth-order valence-corrected chi connectivity index (χ4v) is 2.10. The van der Waals surface area contributed by atoms with Crippen molar-refractivity contribution in [2.75, 3.05) is 6.61 Å². The van der Waals surface area contributed by atoms with Gasteiger partial charge in [0.2, 0.25) is 0 Å². The average molecular weight is 282 g/mol. The minimum absolute atomic E-state index is 0.0375. The van der Waals surface area contributed by atoms with Crippen molar-refractivity contribution < 1.29 is 14.6 Å². The molecule has 0 saturated heterocycles. The van der Waals surface area contributed by atoms with Crippen LogP contribution in [0.1, 0.15) is 23.2 Å². The third-order valence-electron chi connectivity index (χ3n) is 3.01. The maximum absolute atomic E-state index is 11.0. The van der Waals surface area contributed by atoms with Gasteiger partial charge in [-0.1, -0.05) is 16.8 Å². The van der Waals surface area contributed by atoms with Crippen LogP contribution in [-0.2, 0) is 11.3 Å². The molecule has 1 heterocycles.